The Morgan fingerprint density at radius 3 is 2.71 bits per heavy atom. The van der Waals surface area contributed by atoms with Crippen LogP contribution in [0.25, 0.3) is 0 Å². The number of benzene rings is 1. The summed E-state index contributed by atoms with van der Waals surface area (Å²) in [5.41, 5.74) is 0.705. The maximum Gasteiger partial charge on any atom is 0.270 e. The molecule has 0 aliphatic heterocycles. The standard InChI is InChI=1S/C23H29F2N5O/c1-22(2)12-17(8-9-19(22)31)29-20-16(13-26)14-28-21(30-20)27-11-10-15-6-4-5-7-18(15)23(3,24)25/h4-7,14,17,19,31H,8-12H2,1-3H3,(H2,27,28,29,30)/t17-,19+/m1/s1. The highest BCUT2D eigenvalue weighted by atomic mass is 19.3. The first-order valence-electron chi connectivity index (χ1n) is 10.5. The molecule has 3 rings (SSSR count). The van der Waals surface area contributed by atoms with Crippen molar-refractivity contribution in [2.24, 2.45) is 5.41 Å². The number of aliphatic hydroxyl groups excluding tert-OH is 1. The van der Waals surface area contributed by atoms with E-state index in [9.17, 15) is 19.1 Å². The summed E-state index contributed by atoms with van der Waals surface area (Å²) in [4.78, 5) is 8.61. The van der Waals surface area contributed by atoms with E-state index in [-0.39, 0.29) is 23.1 Å². The minimum absolute atomic E-state index is 0.0157. The molecule has 6 nitrogen and oxygen atoms in total. The first-order valence-corrected chi connectivity index (χ1v) is 10.5. The zero-order valence-corrected chi connectivity index (χ0v) is 18.1. The molecule has 2 aromatic rings. The molecule has 8 heteroatoms. The van der Waals surface area contributed by atoms with Gasteiger partial charge in [0.2, 0.25) is 5.95 Å². The molecule has 166 valence electrons. The van der Waals surface area contributed by atoms with Crippen LogP contribution in [0.3, 0.4) is 0 Å². The fourth-order valence-corrected chi connectivity index (χ4v) is 4.07. The van der Waals surface area contributed by atoms with Crippen LogP contribution in [0, 0.1) is 16.7 Å². The van der Waals surface area contributed by atoms with Gasteiger partial charge < -0.3 is 15.7 Å². The van der Waals surface area contributed by atoms with Crippen LogP contribution in [0.5, 0.6) is 0 Å². The molecule has 3 N–H and O–H groups in total. The van der Waals surface area contributed by atoms with E-state index in [1.165, 1.54) is 12.3 Å². The number of hydrogen-bond acceptors (Lipinski definition) is 6. The molecule has 0 bridgehead atoms. The van der Waals surface area contributed by atoms with Gasteiger partial charge in [-0.1, -0.05) is 38.1 Å². The number of aliphatic hydroxyl groups is 1. The van der Waals surface area contributed by atoms with Gasteiger partial charge in [-0.15, -0.1) is 0 Å². The molecule has 1 aliphatic carbocycles. The Balaban J connectivity index is 1.67. The summed E-state index contributed by atoms with van der Waals surface area (Å²) in [7, 11) is 0. The zero-order valence-electron chi connectivity index (χ0n) is 18.1. The van der Waals surface area contributed by atoms with Gasteiger partial charge in [-0.05, 0) is 36.7 Å². The fourth-order valence-electron chi connectivity index (χ4n) is 4.07. The van der Waals surface area contributed by atoms with Gasteiger partial charge in [0, 0.05) is 25.1 Å². The molecule has 1 aromatic heterocycles. The van der Waals surface area contributed by atoms with Crippen LogP contribution in [0.4, 0.5) is 20.5 Å². The van der Waals surface area contributed by atoms with Crippen LogP contribution >= 0.6 is 0 Å². The minimum Gasteiger partial charge on any atom is -0.393 e. The summed E-state index contributed by atoms with van der Waals surface area (Å²) in [6, 6.07) is 8.68. The second-order valence-corrected chi connectivity index (χ2v) is 8.92. The van der Waals surface area contributed by atoms with Gasteiger partial charge >= 0.3 is 0 Å². The van der Waals surface area contributed by atoms with Crippen molar-refractivity contribution >= 4 is 11.8 Å². The van der Waals surface area contributed by atoms with Gasteiger partial charge in [0.15, 0.2) is 0 Å². The molecule has 2 atom stereocenters. The Bertz CT molecular complexity index is 952. The van der Waals surface area contributed by atoms with Gasteiger partial charge in [-0.2, -0.15) is 10.2 Å². The number of anilines is 2. The van der Waals surface area contributed by atoms with Crippen LogP contribution < -0.4 is 10.6 Å². The van der Waals surface area contributed by atoms with Gasteiger partial charge in [0.25, 0.3) is 5.92 Å². The number of alkyl halides is 2. The van der Waals surface area contributed by atoms with Crippen molar-refractivity contribution in [2.45, 2.75) is 64.5 Å². The number of halogens is 2. The summed E-state index contributed by atoms with van der Waals surface area (Å²) in [6.45, 7) is 5.33. The summed E-state index contributed by atoms with van der Waals surface area (Å²) < 4.78 is 27.6. The summed E-state index contributed by atoms with van der Waals surface area (Å²) in [6.07, 6.45) is 3.72. The lowest BCUT2D eigenvalue weighted by Gasteiger charge is -2.40. The first kappa shape index (κ1) is 22.9. The van der Waals surface area contributed by atoms with Crippen molar-refractivity contribution in [3.63, 3.8) is 0 Å². The first-order chi connectivity index (χ1) is 14.6. The molecule has 31 heavy (non-hydrogen) atoms. The molecule has 0 radical (unpaired) electrons. The van der Waals surface area contributed by atoms with Gasteiger partial charge in [-0.25, -0.2) is 13.8 Å². The summed E-state index contributed by atoms with van der Waals surface area (Å²) in [5, 5.41) is 26.0. The Morgan fingerprint density at radius 1 is 1.29 bits per heavy atom. The quantitative estimate of drug-likeness (QED) is 0.601. The Labute approximate surface area is 181 Å². The molecule has 1 heterocycles. The normalized spacial score (nSPS) is 20.7. The Kier molecular flexibility index (Phi) is 6.75. The topological polar surface area (TPSA) is 93.9 Å². The Hall–Kier alpha value is -2.79. The number of rotatable bonds is 7. The predicted molar refractivity (Wildman–Crippen MR) is 116 cm³/mol. The van der Waals surface area contributed by atoms with Crippen LogP contribution in [0.15, 0.2) is 30.5 Å². The highest BCUT2D eigenvalue weighted by Gasteiger charge is 2.36. The van der Waals surface area contributed by atoms with E-state index in [2.05, 4.69) is 26.7 Å². The van der Waals surface area contributed by atoms with Gasteiger partial charge in [0.1, 0.15) is 17.5 Å². The van der Waals surface area contributed by atoms with Gasteiger partial charge in [-0.3, -0.25) is 0 Å². The number of nitrogens with one attached hydrogen (secondary N) is 2. The average molecular weight is 430 g/mol. The number of nitriles is 1. The lowest BCUT2D eigenvalue weighted by Crippen LogP contribution is -2.41. The minimum atomic E-state index is -2.90. The number of aromatic nitrogens is 2. The number of nitrogens with zero attached hydrogens (tertiary/aromatic N) is 3. The molecule has 1 aromatic carbocycles. The lowest BCUT2D eigenvalue weighted by atomic mass is 9.73. The molecule has 0 unspecified atom stereocenters. The van der Waals surface area contributed by atoms with E-state index < -0.39 is 5.92 Å². The van der Waals surface area contributed by atoms with E-state index in [0.717, 1.165) is 19.8 Å². The van der Waals surface area contributed by atoms with Crippen molar-refractivity contribution in [1.82, 2.24) is 9.97 Å². The van der Waals surface area contributed by atoms with Gasteiger partial charge in [0.05, 0.1) is 12.3 Å². The molecular formula is C23H29F2N5O. The van der Waals surface area contributed by atoms with Crippen molar-refractivity contribution in [3.8, 4) is 6.07 Å². The fraction of sp³-hybridized carbons (Fsp3) is 0.522. The second-order valence-electron chi connectivity index (χ2n) is 8.92. The van der Waals surface area contributed by atoms with Crippen LogP contribution in [-0.4, -0.2) is 33.8 Å². The van der Waals surface area contributed by atoms with E-state index in [0.29, 0.717) is 42.3 Å². The highest BCUT2D eigenvalue weighted by molar-refractivity contribution is 5.54. The maximum atomic E-state index is 13.8. The molecular weight excluding hydrogens is 400 g/mol. The van der Waals surface area contributed by atoms with Crippen LogP contribution in [0.2, 0.25) is 0 Å². The van der Waals surface area contributed by atoms with E-state index in [4.69, 9.17) is 0 Å². The van der Waals surface area contributed by atoms with E-state index >= 15 is 0 Å². The third-order valence-electron chi connectivity index (χ3n) is 5.88. The highest BCUT2D eigenvalue weighted by Crippen LogP contribution is 2.37. The van der Waals surface area contributed by atoms with Crippen LogP contribution in [-0.2, 0) is 12.3 Å². The summed E-state index contributed by atoms with van der Waals surface area (Å²) >= 11 is 0. The second kappa shape index (κ2) is 9.15. The predicted octanol–water partition coefficient (Wildman–Crippen LogP) is 4.47. The molecule has 0 spiro atoms. The lowest BCUT2D eigenvalue weighted by molar-refractivity contribution is 0.00926. The molecule has 1 saturated carbocycles. The Morgan fingerprint density at radius 2 is 2.03 bits per heavy atom. The molecule has 1 fully saturated rings. The third kappa shape index (κ3) is 5.67. The molecule has 0 amide bonds. The largest absolute Gasteiger partial charge is 0.393 e. The molecule has 0 saturated heterocycles. The SMILES string of the molecule is CC(F)(F)c1ccccc1CCNc1ncc(C#N)c(N[C@@H]2CC[C@H](O)C(C)(C)C2)n1. The third-order valence-corrected chi connectivity index (χ3v) is 5.88. The van der Waals surface area contributed by atoms with Crippen molar-refractivity contribution in [1.29, 1.82) is 5.26 Å². The van der Waals surface area contributed by atoms with Crippen molar-refractivity contribution in [2.75, 3.05) is 17.2 Å². The van der Waals surface area contributed by atoms with Crippen LogP contribution in [0.1, 0.15) is 56.7 Å². The average Bonchev–Trinajstić information content (AvgIpc) is 2.70. The van der Waals surface area contributed by atoms with Crippen molar-refractivity contribution in [3.05, 3.63) is 47.2 Å². The van der Waals surface area contributed by atoms with Crippen molar-refractivity contribution < 1.29 is 13.9 Å². The molecule has 1 aliphatic rings. The maximum absolute atomic E-state index is 13.8. The zero-order chi connectivity index (χ0) is 22.6. The number of hydrogen-bond donors (Lipinski definition) is 3. The smallest absolute Gasteiger partial charge is 0.270 e. The monoisotopic (exact) mass is 429 g/mol. The van der Waals surface area contributed by atoms with E-state index in [1.807, 2.05) is 13.8 Å². The summed E-state index contributed by atoms with van der Waals surface area (Å²) in [5.74, 6) is -2.13. The van der Waals surface area contributed by atoms with E-state index in [1.54, 1.807) is 18.2 Å².